The smallest absolute Gasteiger partial charge is 0.273 e. The number of ether oxygens (including phenoxy) is 1. The highest BCUT2D eigenvalue weighted by Crippen LogP contribution is 2.20. The van der Waals surface area contributed by atoms with E-state index >= 15 is 0 Å². The number of carbonyl (C=O) groups is 1. The Hall–Kier alpha value is -2.70. The van der Waals surface area contributed by atoms with E-state index in [1.807, 2.05) is 38.1 Å². The van der Waals surface area contributed by atoms with Crippen molar-refractivity contribution >= 4 is 5.91 Å². The van der Waals surface area contributed by atoms with E-state index in [2.05, 4.69) is 34.3 Å². The fraction of sp³-hybridized carbons (Fsp3) is 0.474. The number of benzene rings is 1. The summed E-state index contributed by atoms with van der Waals surface area (Å²) in [7, 11) is 0. The molecular weight excluding hydrogens is 332 g/mol. The Bertz CT molecular complexity index is 799. The van der Waals surface area contributed by atoms with E-state index in [0.717, 1.165) is 5.56 Å². The van der Waals surface area contributed by atoms with Gasteiger partial charge in [0.15, 0.2) is 5.82 Å². The van der Waals surface area contributed by atoms with Gasteiger partial charge in [-0.2, -0.15) is 0 Å². The van der Waals surface area contributed by atoms with Crippen LogP contribution in [-0.4, -0.2) is 33.7 Å². The summed E-state index contributed by atoms with van der Waals surface area (Å²) in [5, 5.41) is 10.9. The van der Waals surface area contributed by atoms with Gasteiger partial charge in [0.2, 0.25) is 5.91 Å². The molecule has 0 atom stereocenters. The lowest BCUT2D eigenvalue weighted by Crippen LogP contribution is -2.31. The minimum Gasteiger partial charge on any atom is -0.493 e. The Morgan fingerprint density at radius 3 is 2.65 bits per heavy atom. The molecule has 0 unspecified atom stereocenters. The van der Waals surface area contributed by atoms with E-state index < -0.39 is 0 Å². The standard InChI is InChI=1S/C19H26N4O3/c1-12(2)11-26-15-7-5-6-14(10-15)18-21-19(25)16(22-23-18)8-9-17(24)20-13(3)4/h5-7,10,12-13H,8-9,11H2,1-4H3,(H,20,24)(H,21,23,25). The zero-order valence-corrected chi connectivity index (χ0v) is 15.7. The molecule has 0 saturated heterocycles. The summed E-state index contributed by atoms with van der Waals surface area (Å²) in [5.41, 5.74) is 0.640. The highest BCUT2D eigenvalue weighted by Gasteiger charge is 2.10. The molecule has 0 bridgehead atoms. The van der Waals surface area contributed by atoms with Gasteiger partial charge in [-0.25, -0.2) is 0 Å². The molecule has 0 saturated carbocycles. The van der Waals surface area contributed by atoms with Crippen molar-refractivity contribution in [2.45, 2.75) is 46.6 Å². The van der Waals surface area contributed by atoms with Gasteiger partial charge in [0.05, 0.1) is 6.61 Å². The second kappa shape index (κ2) is 9.12. The fourth-order valence-corrected chi connectivity index (χ4v) is 2.28. The molecule has 7 nitrogen and oxygen atoms in total. The summed E-state index contributed by atoms with van der Waals surface area (Å²) in [6.45, 7) is 8.54. The van der Waals surface area contributed by atoms with E-state index in [4.69, 9.17) is 4.74 Å². The number of nitrogens with zero attached hydrogens (tertiary/aromatic N) is 2. The number of H-pyrrole nitrogens is 1. The molecule has 140 valence electrons. The number of aryl methyl sites for hydroxylation is 1. The van der Waals surface area contributed by atoms with Crippen LogP contribution in [0.5, 0.6) is 5.75 Å². The van der Waals surface area contributed by atoms with Crippen molar-refractivity contribution in [2.24, 2.45) is 5.92 Å². The average Bonchev–Trinajstić information content (AvgIpc) is 2.58. The van der Waals surface area contributed by atoms with Crippen molar-refractivity contribution in [3.63, 3.8) is 0 Å². The molecule has 1 aromatic heterocycles. The number of hydrogen-bond acceptors (Lipinski definition) is 5. The Labute approximate surface area is 153 Å². The van der Waals surface area contributed by atoms with E-state index in [1.165, 1.54) is 0 Å². The van der Waals surface area contributed by atoms with Crippen LogP contribution >= 0.6 is 0 Å². The van der Waals surface area contributed by atoms with Gasteiger partial charge in [-0.3, -0.25) is 9.59 Å². The number of rotatable bonds is 8. The lowest BCUT2D eigenvalue weighted by Gasteiger charge is -2.10. The SMILES string of the molecule is CC(C)COc1cccc(-c2nnc(CCC(=O)NC(C)C)c(=O)[nH]2)c1. The number of aromatic amines is 1. The summed E-state index contributed by atoms with van der Waals surface area (Å²) >= 11 is 0. The van der Waals surface area contributed by atoms with Gasteiger partial charge in [-0.15, -0.1) is 10.2 Å². The molecule has 1 amide bonds. The highest BCUT2D eigenvalue weighted by molar-refractivity contribution is 5.76. The van der Waals surface area contributed by atoms with Crippen molar-refractivity contribution in [1.29, 1.82) is 0 Å². The summed E-state index contributed by atoms with van der Waals surface area (Å²) in [6.07, 6.45) is 0.451. The molecule has 1 aromatic carbocycles. The first kappa shape index (κ1) is 19.6. The third kappa shape index (κ3) is 5.98. The quantitative estimate of drug-likeness (QED) is 0.755. The normalized spacial score (nSPS) is 11.0. The first-order chi connectivity index (χ1) is 12.3. The first-order valence-electron chi connectivity index (χ1n) is 8.83. The molecule has 2 aromatic rings. The molecule has 26 heavy (non-hydrogen) atoms. The van der Waals surface area contributed by atoms with E-state index in [0.29, 0.717) is 24.1 Å². The molecule has 0 aliphatic rings. The monoisotopic (exact) mass is 358 g/mol. The Morgan fingerprint density at radius 1 is 1.23 bits per heavy atom. The highest BCUT2D eigenvalue weighted by atomic mass is 16.5. The molecule has 0 aliphatic carbocycles. The predicted octanol–water partition coefficient (Wildman–Crippen LogP) is 2.32. The predicted molar refractivity (Wildman–Crippen MR) is 100 cm³/mol. The lowest BCUT2D eigenvalue weighted by atomic mass is 10.2. The molecule has 1 heterocycles. The van der Waals surface area contributed by atoms with Crippen LogP contribution in [0.25, 0.3) is 11.4 Å². The molecule has 0 aliphatic heterocycles. The van der Waals surface area contributed by atoms with Crippen LogP contribution in [0.3, 0.4) is 0 Å². The number of nitrogens with one attached hydrogen (secondary N) is 2. The average molecular weight is 358 g/mol. The van der Waals surface area contributed by atoms with Gasteiger partial charge < -0.3 is 15.0 Å². The maximum absolute atomic E-state index is 12.2. The van der Waals surface area contributed by atoms with Gasteiger partial charge in [-0.05, 0) is 31.9 Å². The summed E-state index contributed by atoms with van der Waals surface area (Å²) in [6, 6.07) is 7.42. The molecule has 2 rings (SSSR count). The maximum atomic E-state index is 12.2. The summed E-state index contributed by atoms with van der Waals surface area (Å²) in [5.74, 6) is 1.40. The third-order valence-electron chi connectivity index (χ3n) is 3.49. The minimum absolute atomic E-state index is 0.0689. The second-order valence-electron chi connectivity index (χ2n) is 6.90. The van der Waals surface area contributed by atoms with Crippen LogP contribution in [-0.2, 0) is 11.2 Å². The van der Waals surface area contributed by atoms with E-state index in [-0.39, 0.29) is 36.0 Å². The van der Waals surface area contributed by atoms with E-state index in [1.54, 1.807) is 0 Å². The summed E-state index contributed by atoms with van der Waals surface area (Å²) < 4.78 is 5.70. The molecule has 0 radical (unpaired) electrons. The van der Waals surface area contributed by atoms with Gasteiger partial charge in [0.25, 0.3) is 5.56 Å². The third-order valence-corrected chi connectivity index (χ3v) is 3.49. The van der Waals surface area contributed by atoms with Crippen LogP contribution in [0.1, 0.15) is 39.8 Å². The van der Waals surface area contributed by atoms with Crippen LogP contribution in [0.4, 0.5) is 0 Å². The Balaban J connectivity index is 2.08. The van der Waals surface area contributed by atoms with Crippen molar-refractivity contribution in [3.05, 3.63) is 40.3 Å². The zero-order chi connectivity index (χ0) is 19.1. The largest absolute Gasteiger partial charge is 0.493 e. The van der Waals surface area contributed by atoms with Crippen molar-refractivity contribution in [3.8, 4) is 17.1 Å². The van der Waals surface area contributed by atoms with Crippen LogP contribution in [0.2, 0.25) is 0 Å². The summed E-state index contributed by atoms with van der Waals surface area (Å²) in [4.78, 5) is 26.6. The minimum atomic E-state index is -0.333. The van der Waals surface area contributed by atoms with E-state index in [9.17, 15) is 9.59 Å². The second-order valence-corrected chi connectivity index (χ2v) is 6.90. The number of aromatic nitrogens is 3. The molecular formula is C19H26N4O3. The topological polar surface area (TPSA) is 97.0 Å². The van der Waals surface area contributed by atoms with Crippen LogP contribution in [0, 0.1) is 5.92 Å². The Morgan fingerprint density at radius 2 is 2.00 bits per heavy atom. The zero-order valence-electron chi connectivity index (χ0n) is 15.7. The Kier molecular flexibility index (Phi) is 6.89. The lowest BCUT2D eigenvalue weighted by molar-refractivity contribution is -0.121. The fourth-order valence-electron chi connectivity index (χ4n) is 2.28. The maximum Gasteiger partial charge on any atom is 0.273 e. The van der Waals surface area contributed by atoms with Gasteiger partial charge in [0.1, 0.15) is 11.4 Å². The molecule has 2 N–H and O–H groups in total. The number of amides is 1. The number of carbonyl (C=O) groups excluding carboxylic acids is 1. The number of hydrogen-bond donors (Lipinski definition) is 2. The van der Waals surface area contributed by atoms with Gasteiger partial charge >= 0.3 is 0 Å². The first-order valence-corrected chi connectivity index (χ1v) is 8.83. The molecule has 0 spiro atoms. The van der Waals surface area contributed by atoms with Gasteiger partial charge in [0, 0.05) is 24.4 Å². The van der Waals surface area contributed by atoms with Crippen LogP contribution < -0.4 is 15.6 Å². The molecule has 7 heteroatoms. The van der Waals surface area contributed by atoms with Gasteiger partial charge in [-0.1, -0.05) is 26.0 Å². The van der Waals surface area contributed by atoms with Crippen molar-refractivity contribution in [1.82, 2.24) is 20.5 Å². The van der Waals surface area contributed by atoms with Crippen molar-refractivity contribution in [2.75, 3.05) is 6.61 Å². The van der Waals surface area contributed by atoms with Crippen molar-refractivity contribution < 1.29 is 9.53 Å². The molecule has 0 fully saturated rings. The van der Waals surface area contributed by atoms with Crippen LogP contribution in [0.15, 0.2) is 29.1 Å².